The largest absolute Gasteiger partial charge is 0.310 e. The van der Waals surface area contributed by atoms with Crippen LogP contribution in [0.5, 0.6) is 0 Å². The molecule has 0 fully saturated rings. The van der Waals surface area contributed by atoms with Crippen LogP contribution in [-0.2, 0) is 0 Å². The maximum Gasteiger partial charge on any atom is 0.0547 e. The normalized spacial score (nSPS) is 11.6. The van der Waals surface area contributed by atoms with E-state index in [1.165, 1.54) is 76.4 Å². The lowest BCUT2D eigenvalue weighted by atomic mass is 9.98. The van der Waals surface area contributed by atoms with Crippen LogP contribution in [0.25, 0.3) is 82.1 Å². The Hall–Kier alpha value is -7.42. The van der Waals surface area contributed by atoms with Gasteiger partial charge in [0.2, 0.25) is 0 Å². The van der Waals surface area contributed by atoms with E-state index in [-0.39, 0.29) is 0 Å². The first-order chi connectivity index (χ1) is 27.7. The van der Waals surface area contributed by atoms with E-state index in [1.54, 1.807) is 0 Å². The third-order valence-corrected chi connectivity index (χ3v) is 11.3. The molecular weight excluding hydrogens is 677 g/mol. The van der Waals surface area contributed by atoms with E-state index >= 15 is 0 Å². The van der Waals surface area contributed by atoms with Gasteiger partial charge in [-0.25, -0.2) is 0 Å². The summed E-state index contributed by atoms with van der Waals surface area (Å²) in [5.41, 5.74) is 11.8. The summed E-state index contributed by atoms with van der Waals surface area (Å²) in [6.45, 7) is 0. The minimum absolute atomic E-state index is 1.12. The lowest BCUT2D eigenvalue weighted by molar-refractivity contribution is 1.18. The van der Waals surface area contributed by atoms with Crippen LogP contribution in [0, 0.1) is 0 Å². The highest BCUT2D eigenvalue weighted by molar-refractivity contribution is 6.13. The van der Waals surface area contributed by atoms with Crippen molar-refractivity contribution in [2.24, 2.45) is 0 Å². The molecule has 0 saturated carbocycles. The molecule has 0 atom stereocenters. The SMILES string of the molecule is c1ccc(N(c2ccc(-c3cccc4ccccc34)cc2)c2ccc3cc(-c4ccc(-n5c6ccccc6c6cc7ccccc7cc65)cc4)ccc3c2)cc1. The van der Waals surface area contributed by atoms with E-state index in [0.717, 1.165) is 22.7 Å². The van der Waals surface area contributed by atoms with Gasteiger partial charge in [0.25, 0.3) is 0 Å². The molecule has 262 valence electrons. The average molecular weight is 713 g/mol. The zero-order valence-corrected chi connectivity index (χ0v) is 30.7. The fourth-order valence-electron chi connectivity index (χ4n) is 8.58. The van der Waals surface area contributed by atoms with Crippen LogP contribution in [0.15, 0.2) is 218 Å². The molecule has 11 aromatic rings. The Labute approximate surface area is 325 Å². The van der Waals surface area contributed by atoms with Crippen LogP contribution in [0.4, 0.5) is 17.1 Å². The number of hydrogen-bond donors (Lipinski definition) is 0. The Kier molecular flexibility index (Phi) is 7.53. The highest BCUT2D eigenvalue weighted by Gasteiger charge is 2.16. The molecule has 0 N–H and O–H groups in total. The van der Waals surface area contributed by atoms with Gasteiger partial charge in [-0.1, -0.05) is 146 Å². The summed E-state index contributed by atoms with van der Waals surface area (Å²) in [5, 5.41) is 10.0. The molecule has 11 rings (SSSR count). The Morgan fingerprint density at radius 3 is 1.68 bits per heavy atom. The molecule has 1 aromatic heterocycles. The smallest absolute Gasteiger partial charge is 0.0547 e. The molecule has 1 heterocycles. The number of benzene rings is 10. The predicted molar refractivity (Wildman–Crippen MR) is 239 cm³/mol. The van der Waals surface area contributed by atoms with E-state index in [4.69, 9.17) is 0 Å². The van der Waals surface area contributed by atoms with Crippen LogP contribution < -0.4 is 4.90 Å². The Morgan fingerprint density at radius 2 is 0.857 bits per heavy atom. The van der Waals surface area contributed by atoms with Crippen LogP contribution in [0.1, 0.15) is 0 Å². The number of para-hydroxylation sites is 2. The number of rotatable bonds is 6. The molecule has 0 aliphatic rings. The molecule has 0 bridgehead atoms. The van der Waals surface area contributed by atoms with Crippen LogP contribution in [0.3, 0.4) is 0 Å². The van der Waals surface area contributed by atoms with Gasteiger partial charge in [-0.2, -0.15) is 0 Å². The standard InChI is InChI=1S/C54H36N2/c1-2-15-45(16-3-1)55(46-30-25-39(26-31-46)50-19-10-14-38-11-6-7-17-49(38)50)48-32-27-43-33-42(21-22-44(43)34-48)37-23-28-47(29-24-37)56-53-20-9-8-18-51(53)52-35-40-12-4-5-13-41(40)36-54(52)56/h1-36H. The summed E-state index contributed by atoms with van der Waals surface area (Å²) < 4.78 is 2.40. The van der Waals surface area contributed by atoms with Gasteiger partial charge in [0.05, 0.1) is 11.0 Å². The molecule has 0 aliphatic carbocycles. The maximum absolute atomic E-state index is 2.40. The summed E-state index contributed by atoms with van der Waals surface area (Å²) in [7, 11) is 0. The van der Waals surface area contributed by atoms with Crippen molar-refractivity contribution in [3.8, 4) is 27.9 Å². The quantitative estimate of drug-likeness (QED) is 0.167. The molecule has 2 heteroatoms. The summed E-state index contributed by atoms with van der Waals surface area (Å²) in [6.07, 6.45) is 0. The van der Waals surface area contributed by atoms with Crippen molar-refractivity contribution >= 4 is 71.2 Å². The van der Waals surface area contributed by atoms with Gasteiger partial charge >= 0.3 is 0 Å². The van der Waals surface area contributed by atoms with Gasteiger partial charge < -0.3 is 9.47 Å². The summed E-state index contributed by atoms with van der Waals surface area (Å²) in [5.74, 6) is 0. The fraction of sp³-hybridized carbons (Fsp3) is 0. The molecule has 10 aromatic carbocycles. The summed E-state index contributed by atoms with van der Waals surface area (Å²) >= 11 is 0. The van der Waals surface area contributed by atoms with Crippen molar-refractivity contribution in [3.63, 3.8) is 0 Å². The predicted octanol–water partition coefficient (Wildman–Crippen LogP) is 15.0. The average Bonchev–Trinajstić information content (AvgIpc) is 3.59. The number of aromatic nitrogens is 1. The summed E-state index contributed by atoms with van der Waals surface area (Å²) in [6, 6.07) is 79.4. The first-order valence-electron chi connectivity index (χ1n) is 19.3. The molecule has 0 aliphatic heterocycles. The highest BCUT2D eigenvalue weighted by Crippen LogP contribution is 2.39. The van der Waals surface area contributed by atoms with Crippen LogP contribution >= 0.6 is 0 Å². The van der Waals surface area contributed by atoms with E-state index < -0.39 is 0 Å². The minimum atomic E-state index is 1.12. The zero-order valence-electron chi connectivity index (χ0n) is 30.7. The second-order valence-electron chi connectivity index (χ2n) is 14.6. The number of hydrogen-bond acceptors (Lipinski definition) is 1. The van der Waals surface area contributed by atoms with Crippen molar-refractivity contribution < 1.29 is 0 Å². The van der Waals surface area contributed by atoms with Crippen molar-refractivity contribution in [1.29, 1.82) is 0 Å². The van der Waals surface area contributed by atoms with Crippen molar-refractivity contribution in [2.75, 3.05) is 4.90 Å². The molecule has 0 saturated heterocycles. The molecule has 0 spiro atoms. The Bertz CT molecular complexity index is 3220. The van der Waals surface area contributed by atoms with Gasteiger partial charge in [-0.05, 0) is 127 Å². The van der Waals surface area contributed by atoms with Crippen molar-refractivity contribution in [1.82, 2.24) is 4.57 Å². The molecule has 0 radical (unpaired) electrons. The minimum Gasteiger partial charge on any atom is -0.310 e. The van der Waals surface area contributed by atoms with Gasteiger partial charge in [0.15, 0.2) is 0 Å². The Balaban J connectivity index is 0.932. The van der Waals surface area contributed by atoms with Gasteiger partial charge in [0.1, 0.15) is 0 Å². The Morgan fingerprint density at radius 1 is 0.286 bits per heavy atom. The second kappa shape index (κ2) is 13.2. The summed E-state index contributed by atoms with van der Waals surface area (Å²) in [4.78, 5) is 2.34. The number of fused-ring (bicyclic) bond motifs is 6. The lowest BCUT2D eigenvalue weighted by Gasteiger charge is -2.26. The van der Waals surface area contributed by atoms with E-state index in [1.807, 2.05) is 0 Å². The van der Waals surface area contributed by atoms with Crippen molar-refractivity contribution in [3.05, 3.63) is 218 Å². The van der Waals surface area contributed by atoms with Gasteiger partial charge in [0, 0.05) is 33.5 Å². The van der Waals surface area contributed by atoms with Crippen molar-refractivity contribution in [2.45, 2.75) is 0 Å². The topological polar surface area (TPSA) is 8.17 Å². The fourth-order valence-corrected chi connectivity index (χ4v) is 8.58. The van der Waals surface area contributed by atoms with Crippen LogP contribution in [-0.4, -0.2) is 4.57 Å². The molecule has 2 nitrogen and oxygen atoms in total. The number of anilines is 3. The third kappa shape index (κ3) is 5.42. The molecule has 56 heavy (non-hydrogen) atoms. The first kappa shape index (κ1) is 32.0. The van der Waals surface area contributed by atoms with E-state index in [0.29, 0.717) is 0 Å². The monoisotopic (exact) mass is 712 g/mol. The molecule has 0 amide bonds. The molecule has 0 unspecified atom stereocenters. The first-order valence-corrected chi connectivity index (χ1v) is 19.3. The van der Waals surface area contributed by atoms with Gasteiger partial charge in [-0.15, -0.1) is 0 Å². The lowest BCUT2D eigenvalue weighted by Crippen LogP contribution is -2.09. The van der Waals surface area contributed by atoms with E-state index in [2.05, 4.69) is 228 Å². The highest BCUT2D eigenvalue weighted by atomic mass is 15.1. The maximum atomic E-state index is 2.40. The third-order valence-electron chi connectivity index (χ3n) is 11.3. The number of nitrogens with zero attached hydrogens (tertiary/aromatic N) is 2. The second-order valence-corrected chi connectivity index (χ2v) is 14.6. The van der Waals surface area contributed by atoms with E-state index in [9.17, 15) is 0 Å². The zero-order chi connectivity index (χ0) is 37.0. The van der Waals surface area contributed by atoms with Crippen LogP contribution in [0.2, 0.25) is 0 Å². The molecular formula is C54H36N2. The van der Waals surface area contributed by atoms with Gasteiger partial charge in [-0.3, -0.25) is 0 Å².